The molecular weight excluding hydrogens is 164 g/mol. The average Bonchev–Trinajstić information content (AvgIpc) is 2.19. The molecule has 0 aromatic rings. The first kappa shape index (κ1) is 11.0. The quantitative estimate of drug-likeness (QED) is 0.729. The molecule has 78 valence electrons. The summed E-state index contributed by atoms with van der Waals surface area (Å²) >= 11 is 0. The highest BCUT2D eigenvalue weighted by Crippen LogP contribution is 2.39. The van der Waals surface area contributed by atoms with Gasteiger partial charge in [0.1, 0.15) is 0 Å². The highest BCUT2D eigenvalue weighted by Gasteiger charge is 2.36. The smallest absolute Gasteiger partial charge is 0.0491 e. The molecule has 1 rings (SSSR count). The lowest BCUT2D eigenvalue weighted by Crippen LogP contribution is -2.38. The lowest BCUT2D eigenvalue weighted by atomic mass is 9.69. The minimum absolute atomic E-state index is 0.161. The van der Waals surface area contributed by atoms with Gasteiger partial charge in [-0.2, -0.15) is 0 Å². The van der Waals surface area contributed by atoms with E-state index in [2.05, 4.69) is 13.8 Å². The summed E-state index contributed by atoms with van der Waals surface area (Å²) in [5.74, 6) is 0.631. The normalized spacial score (nSPS) is 24.2. The van der Waals surface area contributed by atoms with E-state index >= 15 is 0 Å². The van der Waals surface area contributed by atoms with Crippen LogP contribution in [0.4, 0.5) is 0 Å². The molecule has 0 radical (unpaired) electrons. The molecule has 1 heterocycles. The molecule has 1 N–H and O–H groups in total. The zero-order valence-corrected chi connectivity index (χ0v) is 8.88. The van der Waals surface area contributed by atoms with Gasteiger partial charge in [-0.05, 0) is 18.8 Å². The number of aliphatic hydroxyl groups is 1. The Morgan fingerprint density at radius 2 is 2.00 bits per heavy atom. The molecule has 0 amide bonds. The summed E-state index contributed by atoms with van der Waals surface area (Å²) in [5.41, 5.74) is 0.161. The number of aliphatic hydroxyl groups excluding tert-OH is 1. The molecule has 0 spiro atoms. The van der Waals surface area contributed by atoms with Crippen molar-refractivity contribution in [3.63, 3.8) is 0 Å². The fraction of sp³-hybridized carbons (Fsp3) is 1.00. The van der Waals surface area contributed by atoms with Crippen LogP contribution in [0.1, 0.15) is 39.5 Å². The topological polar surface area (TPSA) is 29.5 Å². The molecule has 0 aromatic heterocycles. The minimum atomic E-state index is 0.161. The van der Waals surface area contributed by atoms with Crippen LogP contribution in [-0.2, 0) is 4.74 Å². The molecule has 0 saturated carbocycles. The first-order valence-corrected chi connectivity index (χ1v) is 5.44. The summed E-state index contributed by atoms with van der Waals surface area (Å²) in [5, 5.41) is 9.48. The molecule has 13 heavy (non-hydrogen) atoms. The van der Waals surface area contributed by atoms with Crippen LogP contribution in [0, 0.1) is 11.3 Å². The lowest BCUT2D eigenvalue weighted by Gasteiger charge is -2.40. The summed E-state index contributed by atoms with van der Waals surface area (Å²) in [4.78, 5) is 0. The highest BCUT2D eigenvalue weighted by atomic mass is 16.5. The van der Waals surface area contributed by atoms with Gasteiger partial charge in [-0.1, -0.05) is 26.7 Å². The van der Waals surface area contributed by atoms with E-state index in [1.165, 1.54) is 12.8 Å². The Kier molecular flexibility index (Phi) is 4.20. The molecule has 1 aliphatic heterocycles. The second kappa shape index (κ2) is 4.97. The molecular formula is C11H22O2. The summed E-state index contributed by atoms with van der Waals surface area (Å²) in [6, 6.07) is 0. The Bertz CT molecular complexity index is 139. The Hall–Kier alpha value is -0.0800. The van der Waals surface area contributed by atoms with Crippen molar-refractivity contribution in [3.8, 4) is 0 Å². The van der Waals surface area contributed by atoms with Crippen LogP contribution in [0.5, 0.6) is 0 Å². The highest BCUT2D eigenvalue weighted by molar-refractivity contribution is 4.85. The van der Waals surface area contributed by atoms with Crippen molar-refractivity contribution in [1.82, 2.24) is 0 Å². The lowest BCUT2D eigenvalue weighted by molar-refractivity contribution is -0.0481. The van der Waals surface area contributed by atoms with E-state index in [1.807, 2.05) is 0 Å². The number of hydrogen-bond acceptors (Lipinski definition) is 2. The fourth-order valence-electron chi connectivity index (χ4n) is 2.32. The van der Waals surface area contributed by atoms with Gasteiger partial charge in [-0.25, -0.2) is 0 Å². The van der Waals surface area contributed by atoms with Crippen molar-refractivity contribution in [2.45, 2.75) is 39.5 Å². The van der Waals surface area contributed by atoms with Crippen molar-refractivity contribution >= 4 is 0 Å². The summed E-state index contributed by atoms with van der Waals surface area (Å²) in [7, 11) is 0. The summed E-state index contributed by atoms with van der Waals surface area (Å²) in [6.07, 6.45) is 4.50. The first-order valence-electron chi connectivity index (χ1n) is 5.44. The van der Waals surface area contributed by atoms with Crippen LogP contribution in [-0.4, -0.2) is 24.9 Å². The van der Waals surface area contributed by atoms with E-state index < -0.39 is 0 Å². The molecule has 0 bridgehead atoms. The van der Waals surface area contributed by atoms with Crippen LogP contribution in [0.2, 0.25) is 0 Å². The predicted octanol–water partition coefficient (Wildman–Crippen LogP) is 2.21. The van der Waals surface area contributed by atoms with Crippen molar-refractivity contribution in [1.29, 1.82) is 0 Å². The molecule has 0 aliphatic carbocycles. The van der Waals surface area contributed by atoms with Gasteiger partial charge >= 0.3 is 0 Å². The van der Waals surface area contributed by atoms with Gasteiger partial charge in [0.05, 0.1) is 0 Å². The Morgan fingerprint density at radius 1 is 1.38 bits per heavy atom. The van der Waals surface area contributed by atoms with Crippen molar-refractivity contribution in [2.75, 3.05) is 19.8 Å². The maximum Gasteiger partial charge on any atom is 0.0491 e. The molecule has 1 aliphatic rings. The van der Waals surface area contributed by atoms with Gasteiger partial charge in [-0.15, -0.1) is 0 Å². The monoisotopic (exact) mass is 186 g/mol. The third kappa shape index (κ3) is 2.44. The van der Waals surface area contributed by atoms with E-state index in [9.17, 15) is 5.11 Å². The number of ether oxygens (including phenoxy) is 1. The number of rotatable bonds is 4. The van der Waals surface area contributed by atoms with Crippen molar-refractivity contribution in [3.05, 3.63) is 0 Å². The largest absolute Gasteiger partial charge is 0.396 e. The van der Waals surface area contributed by atoms with Crippen LogP contribution >= 0.6 is 0 Å². The number of hydrogen-bond donors (Lipinski definition) is 1. The van der Waals surface area contributed by atoms with Crippen LogP contribution in [0.25, 0.3) is 0 Å². The zero-order chi connectivity index (χ0) is 9.73. The molecule has 0 aromatic carbocycles. The maximum atomic E-state index is 9.48. The van der Waals surface area contributed by atoms with E-state index in [4.69, 9.17) is 4.74 Å². The standard InChI is InChI=1S/C11H22O2/c1-3-4-10(2)11(9-12)5-7-13-8-6-11/h10,12H,3-9H2,1-2H3. The third-order valence-electron chi connectivity index (χ3n) is 3.57. The van der Waals surface area contributed by atoms with Gasteiger partial charge in [0.25, 0.3) is 0 Å². The van der Waals surface area contributed by atoms with Crippen LogP contribution in [0.15, 0.2) is 0 Å². The summed E-state index contributed by atoms with van der Waals surface area (Å²) in [6.45, 7) is 6.46. The second-order valence-corrected chi connectivity index (χ2v) is 4.32. The fourth-order valence-corrected chi connectivity index (χ4v) is 2.32. The molecule has 1 fully saturated rings. The average molecular weight is 186 g/mol. The van der Waals surface area contributed by atoms with Gasteiger partial charge < -0.3 is 9.84 Å². The second-order valence-electron chi connectivity index (χ2n) is 4.32. The summed E-state index contributed by atoms with van der Waals surface area (Å²) < 4.78 is 5.34. The first-order chi connectivity index (χ1) is 6.25. The maximum absolute atomic E-state index is 9.48. The van der Waals surface area contributed by atoms with Crippen molar-refractivity contribution < 1.29 is 9.84 Å². The van der Waals surface area contributed by atoms with Crippen LogP contribution < -0.4 is 0 Å². The van der Waals surface area contributed by atoms with E-state index in [1.54, 1.807) is 0 Å². The van der Waals surface area contributed by atoms with Gasteiger partial charge in [0.15, 0.2) is 0 Å². The van der Waals surface area contributed by atoms with E-state index in [0.717, 1.165) is 26.1 Å². The van der Waals surface area contributed by atoms with Gasteiger partial charge in [0.2, 0.25) is 0 Å². The predicted molar refractivity (Wildman–Crippen MR) is 53.6 cm³/mol. The SMILES string of the molecule is CCCC(C)C1(CO)CCOCC1. The van der Waals surface area contributed by atoms with E-state index in [0.29, 0.717) is 12.5 Å². The molecule has 2 nitrogen and oxygen atoms in total. The van der Waals surface area contributed by atoms with E-state index in [-0.39, 0.29) is 5.41 Å². The Morgan fingerprint density at radius 3 is 2.46 bits per heavy atom. The van der Waals surface area contributed by atoms with Crippen LogP contribution in [0.3, 0.4) is 0 Å². The molecule has 1 atom stereocenters. The van der Waals surface area contributed by atoms with Gasteiger partial charge in [0, 0.05) is 25.2 Å². The molecule has 1 unspecified atom stereocenters. The zero-order valence-electron chi connectivity index (χ0n) is 8.88. The minimum Gasteiger partial charge on any atom is -0.396 e. The Balaban J connectivity index is 2.55. The molecule has 2 heteroatoms. The molecule has 1 saturated heterocycles. The third-order valence-corrected chi connectivity index (χ3v) is 3.57. The van der Waals surface area contributed by atoms with Gasteiger partial charge in [-0.3, -0.25) is 0 Å². The Labute approximate surface area is 81.3 Å². The van der Waals surface area contributed by atoms with Crippen molar-refractivity contribution in [2.24, 2.45) is 11.3 Å².